The van der Waals surface area contributed by atoms with E-state index >= 15 is 0 Å². The molecule has 23 heavy (non-hydrogen) atoms. The van der Waals surface area contributed by atoms with Crippen LogP contribution in [0.15, 0.2) is 40.9 Å². The van der Waals surface area contributed by atoms with E-state index in [0.29, 0.717) is 5.76 Å². The summed E-state index contributed by atoms with van der Waals surface area (Å²) < 4.78 is 5.20. The van der Waals surface area contributed by atoms with E-state index < -0.39 is 17.4 Å². The molecule has 0 saturated heterocycles. The number of rotatable bonds is 6. The number of aromatic nitrogens is 1. The number of nitrogens with one attached hydrogen (secondary N) is 1. The molecule has 1 unspecified atom stereocenters. The van der Waals surface area contributed by atoms with Gasteiger partial charge in [0, 0.05) is 11.6 Å². The Bertz CT molecular complexity index is 694. The van der Waals surface area contributed by atoms with Crippen molar-refractivity contribution in [2.24, 2.45) is 5.92 Å². The molecule has 0 bridgehead atoms. The topological polar surface area (TPSA) is 92.4 Å². The average molecular weight is 316 g/mol. The molecule has 0 radical (unpaired) electrons. The molecule has 2 rings (SSSR count). The van der Waals surface area contributed by atoms with Gasteiger partial charge in [0.05, 0.1) is 12.0 Å². The highest BCUT2D eigenvalue weighted by atomic mass is 16.5. The molecule has 6 nitrogen and oxygen atoms in total. The summed E-state index contributed by atoms with van der Waals surface area (Å²) in [6.45, 7) is 5.44. The predicted octanol–water partition coefficient (Wildman–Crippen LogP) is 2.96. The van der Waals surface area contributed by atoms with Crippen molar-refractivity contribution in [2.75, 3.05) is 0 Å². The first-order chi connectivity index (χ1) is 10.8. The molecule has 0 spiro atoms. The third kappa shape index (κ3) is 3.97. The van der Waals surface area contributed by atoms with Crippen molar-refractivity contribution in [1.29, 1.82) is 0 Å². The Morgan fingerprint density at radius 3 is 2.52 bits per heavy atom. The minimum atomic E-state index is -0.966. The maximum absolute atomic E-state index is 12.4. The summed E-state index contributed by atoms with van der Waals surface area (Å²) in [5.74, 6) is -0.983. The Hall–Kier alpha value is -2.63. The number of nitrogens with zero attached hydrogens (tertiary/aromatic N) is 1. The molecular weight excluding hydrogens is 296 g/mol. The monoisotopic (exact) mass is 316 g/mol. The lowest BCUT2D eigenvalue weighted by Crippen LogP contribution is -2.51. The summed E-state index contributed by atoms with van der Waals surface area (Å²) >= 11 is 0. The van der Waals surface area contributed by atoms with Gasteiger partial charge in [-0.15, -0.1) is 0 Å². The van der Waals surface area contributed by atoms with Crippen LogP contribution in [-0.4, -0.2) is 27.7 Å². The van der Waals surface area contributed by atoms with Crippen LogP contribution in [0.2, 0.25) is 0 Å². The van der Waals surface area contributed by atoms with Gasteiger partial charge in [-0.3, -0.25) is 9.59 Å². The second kappa shape index (κ2) is 6.64. The van der Waals surface area contributed by atoms with Crippen LogP contribution in [0.3, 0.4) is 0 Å². The Kier molecular flexibility index (Phi) is 4.83. The quantitative estimate of drug-likeness (QED) is 0.854. The van der Waals surface area contributed by atoms with Gasteiger partial charge in [0.1, 0.15) is 0 Å². The number of aliphatic carboxylic acids is 1. The van der Waals surface area contributed by atoms with E-state index in [0.717, 1.165) is 5.56 Å². The van der Waals surface area contributed by atoms with Crippen LogP contribution in [0.5, 0.6) is 0 Å². The number of carboxylic acid groups (broad SMARTS) is 1. The molecular formula is C17H20N2O4. The number of hydrogen-bond donors (Lipinski definition) is 2. The van der Waals surface area contributed by atoms with Gasteiger partial charge < -0.3 is 14.9 Å². The van der Waals surface area contributed by atoms with Crippen LogP contribution in [-0.2, 0) is 4.79 Å². The lowest BCUT2D eigenvalue weighted by molar-refractivity contribution is -0.138. The molecule has 1 atom stereocenters. The smallest absolute Gasteiger partial charge is 0.305 e. The van der Waals surface area contributed by atoms with Crippen LogP contribution in [0.25, 0.3) is 11.3 Å². The second-order valence-electron chi connectivity index (χ2n) is 6.04. The van der Waals surface area contributed by atoms with Crippen LogP contribution < -0.4 is 5.32 Å². The highest BCUT2D eigenvalue weighted by Gasteiger charge is 2.33. The number of carboxylic acids is 1. The van der Waals surface area contributed by atoms with E-state index in [4.69, 9.17) is 9.63 Å². The molecule has 2 aromatic rings. The molecule has 6 heteroatoms. The molecule has 0 fully saturated rings. The van der Waals surface area contributed by atoms with Gasteiger partial charge in [0.25, 0.3) is 5.91 Å². The largest absolute Gasteiger partial charge is 0.481 e. The molecule has 1 heterocycles. The van der Waals surface area contributed by atoms with E-state index in [1.54, 1.807) is 13.0 Å². The first-order valence-electron chi connectivity index (χ1n) is 7.38. The average Bonchev–Trinajstić information content (AvgIpc) is 2.97. The zero-order chi connectivity index (χ0) is 17.0. The maximum atomic E-state index is 12.4. The first-order valence-corrected chi connectivity index (χ1v) is 7.38. The van der Waals surface area contributed by atoms with Gasteiger partial charge in [-0.05, 0) is 12.8 Å². The van der Waals surface area contributed by atoms with Gasteiger partial charge in [0.2, 0.25) is 0 Å². The minimum Gasteiger partial charge on any atom is -0.481 e. The highest BCUT2D eigenvalue weighted by Crippen LogP contribution is 2.23. The Labute approximate surface area is 134 Å². The summed E-state index contributed by atoms with van der Waals surface area (Å²) in [6.07, 6.45) is -0.167. The molecule has 0 aliphatic carbocycles. The van der Waals surface area contributed by atoms with Crippen molar-refractivity contribution in [1.82, 2.24) is 10.5 Å². The molecule has 1 aromatic carbocycles. The lowest BCUT2D eigenvalue weighted by Gasteiger charge is -2.33. The summed E-state index contributed by atoms with van der Waals surface area (Å²) in [5.41, 5.74) is 0.0757. The van der Waals surface area contributed by atoms with Crippen molar-refractivity contribution in [3.8, 4) is 11.3 Å². The predicted molar refractivity (Wildman–Crippen MR) is 84.9 cm³/mol. The Morgan fingerprint density at radius 1 is 1.30 bits per heavy atom. The van der Waals surface area contributed by atoms with E-state index in [9.17, 15) is 9.59 Å². The van der Waals surface area contributed by atoms with Crippen molar-refractivity contribution in [2.45, 2.75) is 32.7 Å². The van der Waals surface area contributed by atoms with E-state index in [1.165, 1.54) is 0 Å². The number of carbonyl (C=O) groups excluding carboxylic acids is 1. The normalized spacial score (nSPS) is 13.6. The van der Waals surface area contributed by atoms with E-state index in [-0.39, 0.29) is 18.0 Å². The third-order valence-electron chi connectivity index (χ3n) is 3.99. The Morgan fingerprint density at radius 2 is 1.96 bits per heavy atom. The minimum absolute atomic E-state index is 0.0527. The van der Waals surface area contributed by atoms with E-state index in [1.807, 2.05) is 44.2 Å². The summed E-state index contributed by atoms with van der Waals surface area (Å²) in [7, 11) is 0. The molecule has 1 aromatic heterocycles. The zero-order valence-corrected chi connectivity index (χ0v) is 13.4. The van der Waals surface area contributed by atoms with Crippen molar-refractivity contribution >= 4 is 11.9 Å². The van der Waals surface area contributed by atoms with E-state index in [2.05, 4.69) is 10.5 Å². The number of carbonyl (C=O) groups is 2. The molecule has 1 amide bonds. The summed E-state index contributed by atoms with van der Waals surface area (Å²) in [5, 5.41) is 15.6. The fourth-order valence-electron chi connectivity index (χ4n) is 2.15. The number of amides is 1. The highest BCUT2D eigenvalue weighted by molar-refractivity contribution is 5.94. The standard InChI is InChI=1S/C17H20N2O4/c1-11(2)17(3,10-15(20)21)18-16(22)13-9-14(23-19-13)12-7-5-4-6-8-12/h4-9,11H,10H2,1-3H3,(H,18,22)(H,20,21). The maximum Gasteiger partial charge on any atom is 0.305 e. The fraction of sp³-hybridized carbons (Fsp3) is 0.353. The molecule has 122 valence electrons. The third-order valence-corrected chi connectivity index (χ3v) is 3.99. The second-order valence-corrected chi connectivity index (χ2v) is 6.04. The lowest BCUT2D eigenvalue weighted by atomic mass is 9.85. The molecule has 0 aliphatic rings. The number of benzene rings is 1. The van der Waals surface area contributed by atoms with Crippen LogP contribution in [0.4, 0.5) is 0 Å². The van der Waals surface area contributed by atoms with Crippen LogP contribution >= 0.6 is 0 Å². The van der Waals surface area contributed by atoms with Gasteiger partial charge >= 0.3 is 5.97 Å². The Balaban J connectivity index is 2.17. The van der Waals surface area contributed by atoms with Crippen LogP contribution in [0, 0.1) is 5.92 Å². The SMILES string of the molecule is CC(C)C(C)(CC(=O)O)NC(=O)c1cc(-c2ccccc2)on1. The van der Waals surface area contributed by atoms with Crippen molar-refractivity contribution in [3.05, 3.63) is 42.1 Å². The fourth-order valence-corrected chi connectivity index (χ4v) is 2.15. The number of hydrogen-bond acceptors (Lipinski definition) is 4. The van der Waals surface area contributed by atoms with Gasteiger partial charge in [-0.1, -0.05) is 49.3 Å². The van der Waals surface area contributed by atoms with Crippen LogP contribution in [0.1, 0.15) is 37.7 Å². The molecule has 0 saturated carbocycles. The molecule has 2 N–H and O–H groups in total. The zero-order valence-electron chi connectivity index (χ0n) is 13.4. The van der Waals surface area contributed by atoms with Crippen molar-refractivity contribution in [3.63, 3.8) is 0 Å². The van der Waals surface area contributed by atoms with Gasteiger partial charge in [-0.25, -0.2) is 0 Å². The summed E-state index contributed by atoms with van der Waals surface area (Å²) in [4.78, 5) is 23.4. The summed E-state index contributed by atoms with van der Waals surface area (Å²) in [6, 6.07) is 10.9. The van der Waals surface area contributed by atoms with Gasteiger partial charge in [0.15, 0.2) is 11.5 Å². The molecule has 0 aliphatic heterocycles. The van der Waals surface area contributed by atoms with Crippen molar-refractivity contribution < 1.29 is 19.2 Å². The van der Waals surface area contributed by atoms with Gasteiger partial charge in [-0.2, -0.15) is 0 Å². The first kappa shape index (κ1) is 16.7.